The van der Waals surface area contributed by atoms with Crippen LogP contribution in [0.3, 0.4) is 0 Å². The topological polar surface area (TPSA) is 84.9 Å². The van der Waals surface area contributed by atoms with Gasteiger partial charge in [0.25, 0.3) is 0 Å². The van der Waals surface area contributed by atoms with Crippen LogP contribution in [0.2, 0.25) is 0 Å². The number of hydrogen-bond acceptors (Lipinski definition) is 4. The van der Waals surface area contributed by atoms with Gasteiger partial charge < -0.3 is 15.7 Å². The molecule has 1 aliphatic heterocycles. The second-order valence-electron chi connectivity index (χ2n) is 7.67. The summed E-state index contributed by atoms with van der Waals surface area (Å²) in [5.41, 5.74) is 0. The second kappa shape index (κ2) is 10.7. The highest BCUT2D eigenvalue weighted by molar-refractivity contribution is 5.74. The van der Waals surface area contributed by atoms with Gasteiger partial charge in [0.2, 0.25) is 0 Å². The minimum absolute atomic E-state index is 0.0787. The number of unbranched alkanes of at least 4 members (excludes halogenated alkanes) is 1. The Morgan fingerprint density at radius 3 is 2.65 bits per heavy atom. The van der Waals surface area contributed by atoms with Gasteiger partial charge in [-0.2, -0.15) is 0 Å². The predicted octanol–water partition coefficient (Wildman–Crippen LogP) is 1.88. The number of piperidine rings is 1. The fourth-order valence-corrected chi connectivity index (χ4v) is 4.07. The molecule has 7 heteroatoms. The quantitative estimate of drug-likeness (QED) is 0.548. The Morgan fingerprint density at radius 2 is 2.00 bits per heavy atom. The Hall–Kier alpha value is -1.34. The number of nitrogens with zero attached hydrogens (tertiary/aromatic N) is 2. The largest absolute Gasteiger partial charge is 0.480 e. The highest BCUT2D eigenvalue weighted by atomic mass is 16.4. The number of likely N-dealkylation sites (N-methyl/N-ethyl adjacent to an activating group) is 1. The second-order valence-corrected chi connectivity index (χ2v) is 7.67. The Labute approximate surface area is 157 Å². The molecule has 0 aromatic rings. The number of carboxylic acid groups (broad SMARTS) is 1. The van der Waals surface area contributed by atoms with Gasteiger partial charge in [-0.05, 0) is 51.7 Å². The van der Waals surface area contributed by atoms with E-state index in [1.54, 1.807) is 0 Å². The van der Waals surface area contributed by atoms with Crippen molar-refractivity contribution >= 4 is 12.0 Å². The van der Waals surface area contributed by atoms with Crippen LogP contribution in [-0.4, -0.2) is 77.8 Å². The number of aliphatic carboxylic acids is 1. The first kappa shape index (κ1) is 21.0. The average Bonchev–Trinajstić information content (AvgIpc) is 2.59. The minimum atomic E-state index is -0.791. The monoisotopic (exact) mass is 368 g/mol. The normalized spacial score (nSPS) is 26.3. The van der Waals surface area contributed by atoms with Gasteiger partial charge in [-0.25, -0.2) is 4.79 Å². The number of urea groups is 1. The van der Waals surface area contributed by atoms with E-state index in [2.05, 4.69) is 22.5 Å². The molecule has 1 unspecified atom stereocenters. The lowest BCUT2D eigenvalue weighted by Crippen LogP contribution is -2.57. The van der Waals surface area contributed by atoms with Crippen molar-refractivity contribution in [3.63, 3.8) is 0 Å². The molecule has 1 atom stereocenters. The first-order valence-corrected chi connectivity index (χ1v) is 10.3. The predicted molar refractivity (Wildman–Crippen MR) is 102 cm³/mol. The zero-order chi connectivity index (χ0) is 18.9. The van der Waals surface area contributed by atoms with E-state index in [0.29, 0.717) is 12.6 Å². The fraction of sp³-hybridized carbons (Fsp3) is 0.895. The standard InChI is InChI=1S/C19H36N4O3/c1-3-5-9-23-10-7-6-8-16(23)13-20-19(26)21-15-11-17(12-15)22(4-2)14-18(24)25/h15-17H,3-14H2,1-2H3,(H,24,25)(H2,20,21,26). The number of carboxylic acids is 1. The van der Waals surface area contributed by atoms with Crippen molar-refractivity contribution in [1.29, 1.82) is 0 Å². The van der Waals surface area contributed by atoms with Gasteiger partial charge in [0, 0.05) is 24.7 Å². The fourth-order valence-electron chi connectivity index (χ4n) is 4.07. The molecule has 2 fully saturated rings. The first-order valence-electron chi connectivity index (χ1n) is 10.3. The molecular weight excluding hydrogens is 332 g/mol. The van der Waals surface area contributed by atoms with Gasteiger partial charge in [-0.3, -0.25) is 14.6 Å². The van der Waals surface area contributed by atoms with Crippen molar-refractivity contribution in [2.45, 2.75) is 76.9 Å². The van der Waals surface area contributed by atoms with E-state index >= 15 is 0 Å². The number of likely N-dealkylation sites (tertiary alicyclic amines) is 1. The molecule has 0 bridgehead atoms. The van der Waals surface area contributed by atoms with Crippen LogP contribution in [0.1, 0.15) is 58.8 Å². The molecule has 1 saturated carbocycles. The third kappa shape index (κ3) is 6.43. The molecule has 26 heavy (non-hydrogen) atoms. The van der Waals surface area contributed by atoms with Crippen LogP contribution in [0.5, 0.6) is 0 Å². The van der Waals surface area contributed by atoms with Gasteiger partial charge in [0.1, 0.15) is 0 Å². The van der Waals surface area contributed by atoms with E-state index in [-0.39, 0.29) is 24.7 Å². The van der Waals surface area contributed by atoms with E-state index in [1.807, 2.05) is 11.8 Å². The lowest BCUT2D eigenvalue weighted by atomic mass is 9.85. The van der Waals surface area contributed by atoms with Crippen LogP contribution < -0.4 is 10.6 Å². The van der Waals surface area contributed by atoms with Crippen LogP contribution in [-0.2, 0) is 4.79 Å². The Bertz CT molecular complexity index is 454. The summed E-state index contributed by atoms with van der Waals surface area (Å²) >= 11 is 0. The van der Waals surface area contributed by atoms with Gasteiger partial charge in [-0.15, -0.1) is 0 Å². The van der Waals surface area contributed by atoms with E-state index in [1.165, 1.54) is 25.7 Å². The molecular formula is C19H36N4O3. The Morgan fingerprint density at radius 1 is 1.23 bits per heavy atom. The molecule has 0 spiro atoms. The molecule has 0 radical (unpaired) electrons. The lowest BCUT2D eigenvalue weighted by Gasteiger charge is -2.42. The highest BCUT2D eigenvalue weighted by Gasteiger charge is 2.34. The first-order chi connectivity index (χ1) is 12.5. The van der Waals surface area contributed by atoms with E-state index in [0.717, 1.165) is 38.9 Å². The molecule has 2 amide bonds. The van der Waals surface area contributed by atoms with Crippen molar-refractivity contribution < 1.29 is 14.7 Å². The Balaban J connectivity index is 1.65. The molecule has 1 aliphatic carbocycles. The zero-order valence-electron chi connectivity index (χ0n) is 16.4. The van der Waals surface area contributed by atoms with Crippen molar-refractivity contribution in [2.75, 3.05) is 32.7 Å². The summed E-state index contributed by atoms with van der Waals surface area (Å²) in [4.78, 5) is 27.5. The van der Waals surface area contributed by atoms with Gasteiger partial charge in [0.15, 0.2) is 0 Å². The molecule has 2 aliphatic rings. The lowest BCUT2D eigenvalue weighted by molar-refractivity contribution is -0.139. The molecule has 1 saturated heterocycles. The minimum Gasteiger partial charge on any atom is -0.480 e. The molecule has 0 aromatic heterocycles. The van der Waals surface area contributed by atoms with Crippen molar-refractivity contribution in [2.24, 2.45) is 0 Å². The van der Waals surface area contributed by atoms with E-state index in [9.17, 15) is 9.59 Å². The van der Waals surface area contributed by atoms with Crippen molar-refractivity contribution in [3.05, 3.63) is 0 Å². The molecule has 3 N–H and O–H groups in total. The summed E-state index contributed by atoms with van der Waals surface area (Å²) in [5.74, 6) is -0.791. The molecule has 1 heterocycles. The smallest absolute Gasteiger partial charge is 0.317 e. The summed E-state index contributed by atoms with van der Waals surface area (Å²) in [7, 11) is 0. The maximum absolute atomic E-state index is 12.2. The zero-order valence-corrected chi connectivity index (χ0v) is 16.4. The molecule has 150 valence electrons. The molecule has 7 nitrogen and oxygen atoms in total. The Kier molecular flexibility index (Phi) is 8.65. The van der Waals surface area contributed by atoms with Gasteiger partial charge >= 0.3 is 12.0 Å². The van der Waals surface area contributed by atoms with Crippen LogP contribution in [0.25, 0.3) is 0 Å². The van der Waals surface area contributed by atoms with Crippen LogP contribution >= 0.6 is 0 Å². The van der Waals surface area contributed by atoms with Crippen LogP contribution in [0.4, 0.5) is 4.79 Å². The summed E-state index contributed by atoms with van der Waals surface area (Å²) in [5, 5.41) is 15.0. The third-order valence-electron chi connectivity index (χ3n) is 5.76. The third-order valence-corrected chi connectivity index (χ3v) is 5.76. The summed E-state index contributed by atoms with van der Waals surface area (Å²) in [6, 6.07) is 0.798. The van der Waals surface area contributed by atoms with Crippen LogP contribution in [0.15, 0.2) is 0 Å². The van der Waals surface area contributed by atoms with Gasteiger partial charge in [-0.1, -0.05) is 26.7 Å². The summed E-state index contributed by atoms with van der Waals surface area (Å²) in [6.07, 6.45) is 7.77. The average molecular weight is 369 g/mol. The molecule has 2 rings (SSSR count). The number of carbonyl (C=O) groups is 2. The van der Waals surface area contributed by atoms with Crippen LogP contribution in [0, 0.1) is 0 Å². The summed E-state index contributed by atoms with van der Waals surface area (Å²) in [6.45, 7) is 7.99. The maximum Gasteiger partial charge on any atom is 0.317 e. The van der Waals surface area contributed by atoms with E-state index in [4.69, 9.17) is 5.11 Å². The number of amides is 2. The number of hydrogen-bond donors (Lipinski definition) is 3. The number of carbonyl (C=O) groups excluding carboxylic acids is 1. The van der Waals surface area contributed by atoms with E-state index < -0.39 is 5.97 Å². The number of rotatable bonds is 10. The summed E-state index contributed by atoms with van der Waals surface area (Å²) < 4.78 is 0. The maximum atomic E-state index is 12.2. The van der Waals surface area contributed by atoms with Gasteiger partial charge in [0.05, 0.1) is 6.54 Å². The highest BCUT2D eigenvalue weighted by Crippen LogP contribution is 2.25. The SMILES string of the molecule is CCCCN1CCCCC1CNC(=O)NC1CC(N(CC)CC(=O)O)C1. The number of nitrogens with one attached hydrogen (secondary N) is 2. The molecule has 0 aromatic carbocycles. The van der Waals surface area contributed by atoms with Crippen molar-refractivity contribution in [3.8, 4) is 0 Å². The van der Waals surface area contributed by atoms with Crippen molar-refractivity contribution in [1.82, 2.24) is 20.4 Å².